The molecule has 0 spiro atoms. The highest BCUT2D eigenvalue weighted by Gasteiger charge is 2.19. The molecule has 0 radical (unpaired) electrons. The van der Waals surface area contributed by atoms with E-state index in [1.165, 1.54) is 18.3 Å². The minimum atomic E-state index is -0.962. The maximum atomic E-state index is 13.8. The normalized spacial score (nSPS) is 11.0. The van der Waals surface area contributed by atoms with Crippen LogP contribution in [-0.2, 0) is 4.74 Å². The second-order valence-electron chi connectivity index (χ2n) is 5.92. The van der Waals surface area contributed by atoms with Gasteiger partial charge in [-0.1, -0.05) is 0 Å². The van der Waals surface area contributed by atoms with Crippen LogP contribution in [0.2, 0.25) is 0 Å². The number of ether oxygens (including phenoxy) is 2. The van der Waals surface area contributed by atoms with Crippen molar-refractivity contribution in [3.8, 4) is 11.6 Å². The van der Waals surface area contributed by atoms with Gasteiger partial charge in [-0.2, -0.15) is 0 Å². The maximum absolute atomic E-state index is 13.8. The van der Waals surface area contributed by atoms with Crippen molar-refractivity contribution in [2.75, 3.05) is 11.1 Å². The molecule has 0 aliphatic heterocycles. The zero-order valence-electron chi connectivity index (χ0n) is 13.4. The smallest absolute Gasteiger partial charge is 0.412 e. The van der Waals surface area contributed by atoms with E-state index in [1.807, 2.05) is 0 Å². The average Bonchev–Trinajstić information content (AvgIpc) is 2.44. The van der Waals surface area contributed by atoms with Crippen LogP contribution in [0.5, 0.6) is 11.6 Å². The Morgan fingerprint density at radius 2 is 1.92 bits per heavy atom. The summed E-state index contributed by atoms with van der Waals surface area (Å²) in [5.74, 6) is -2.14. The molecule has 2 rings (SSSR count). The molecule has 6 nitrogen and oxygen atoms in total. The predicted octanol–water partition coefficient (Wildman–Crippen LogP) is 4.08. The van der Waals surface area contributed by atoms with Crippen LogP contribution in [0.3, 0.4) is 0 Å². The van der Waals surface area contributed by atoms with Crippen LogP contribution in [0.15, 0.2) is 30.5 Å². The molecule has 1 heterocycles. The molecule has 0 atom stereocenters. The number of carbonyl (C=O) groups excluding carboxylic acids is 1. The summed E-state index contributed by atoms with van der Waals surface area (Å²) in [6, 6.07) is 4.55. The summed E-state index contributed by atoms with van der Waals surface area (Å²) in [5.41, 5.74) is 4.87. The molecule has 128 valence electrons. The van der Waals surface area contributed by atoms with Crippen molar-refractivity contribution in [1.82, 2.24) is 4.98 Å². The number of carbonyl (C=O) groups is 1. The van der Waals surface area contributed by atoms with E-state index in [2.05, 4.69) is 10.3 Å². The number of nitrogens with two attached hydrogens (primary N) is 1. The minimum absolute atomic E-state index is 0.0675. The molecule has 0 fully saturated rings. The Hall–Kier alpha value is -2.90. The first-order valence-corrected chi connectivity index (χ1v) is 7.02. The Balaban J connectivity index is 2.21. The number of nitrogen functional groups attached to an aromatic ring is 1. The first-order valence-electron chi connectivity index (χ1n) is 7.02. The second-order valence-corrected chi connectivity index (χ2v) is 5.92. The van der Waals surface area contributed by atoms with Gasteiger partial charge in [-0.3, -0.25) is 5.32 Å². The SMILES string of the molecule is CC(C)(C)OC(=O)Nc1cc(Oc2ccc(N)cn2)c(F)cc1F. The Bertz CT molecular complexity index is 743. The zero-order chi connectivity index (χ0) is 17.9. The number of pyridine rings is 1. The molecule has 0 saturated carbocycles. The van der Waals surface area contributed by atoms with Crippen molar-refractivity contribution < 1.29 is 23.0 Å². The lowest BCUT2D eigenvalue weighted by Crippen LogP contribution is -2.27. The summed E-state index contributed by atoms with van der Waals surface area (Å²) in [7, 11) is 0. The number of anilines is 2. The lowest BCUT2D eigenvalue weighted by molar-refractivity contribution is 0.0635. The van der Waals surface area contributed by atoms with E-state index < -0.39 is 23.3 Å². The van der Waals surface area contributed by atoms with Gasteiger partial charge in [-0.15, -0.1) is 0 Å². The molecule has 0 aliphatic rings. The number of rotatable bonds is 3. The van der Waals surface area contributed by atoms with E-state index in [0.29, 0.717) is 11.8 Å². The number of aromatic nitrogens is 1. The van der Waals surface area contributed by atoms with Crippen LogP contribution in [0.1, 0.15) is 20.8 Å². The minimum Gasteiger partial charge on any atom is -0.444 e. The van der Waals surface area contributed by atoms with Crippen molar-refractivity contribution in [3.05, 3.63) is 42.1 Å². The molecule has 8 heteroatoms. The monoisotopic (exact) mass is 337 g/mol. The average molecular weight is 337 g/mol. The molecule has 1 aromatic carbocycles. The largest absolute Gasteiger partial charge is 0.444 e. The van der Waals surface area contributed by atoms with Gasteiger partial charge in [0.2, 0.25) is 5.88 Å². The third-order valence-electron chi connectivity index (χ3n) is 2.63. The fourth-order valence-electron chi connectivity index (χ4n) is 1.68. The van der Waals surface area contributed by atoms with Crippen LogP contribution in [-0.4, -0.2) is 16.7 Å². The van der Waals surface area contributed by atoms with Gasteiger partial charge in [0.15, 0.2) is 11.6 Å². The van der Waals surface area contributed by atoms with Gasteiger partial charge < -0.3 is 15.2 Å². The number of benzene rings is 1. The van der Waals surface area contributed by atoms with Crippen molar-refractivity contribution in [2.24, 2.45) is 0 Å². The van der Waals surface area contributed by atoms with Gasteiger partial charge in [-0.25, -0.2) is 18.6 Å². The molecule has 0 bridgehead atoms. The summed E-state index contributed by atoms with van der Waals surface area (Å²) >= 11 is 0. The van der Waals surface area contributed by atoms with E-state index in [1.54, 1.807) is 20.8 Å². The molecular formula is C16H17F2N3O3. The summed E-state index contributed by atoms with van der Waals surface area (Å²) in [6.45, 7) is 4.98. The van der Waals surface area contributed by atoms with Gasteiger partial charge in [0.25, 0.3) is 0 Å². The molecule has 3 N–H and O–H groups in total. The molecule has 1 amide bonds. The number of hydrogen-bond donors (Lipinski definition) is 2. The van der Waals surface area contributed by atoms with E-state index in [0.717, 1.165) is 6.07 Å². The second kappa shape index (κ2) is 6.69. The van der Waals surface area contributed by atoms with Crippen LogP contribution in [0, 0.1) is 11.6 Å². The van der Waals surface area contributed by atoms with Gasteiger partial charge in [0.1, 0.15) is 11.4 Å². The highest BCUT2D eigenvalue weighted by Crippen LogP contribution is 2.29. The lowest BCUT2D eigenvalue weighted by Gasteiger charge is -2.20. The van der Waals surface area contributed by atoms with Gasteiger partial charge in [-0.05, 0) is 26.8 Å². The molecule has 0 aliphatic carbocycles. The molecular weight excluding hydrogens is 320 g/mol. The molecule has 2 aromatic rings. The summed E-state index contributed by atoms with van der Waals surface area (Å²) in [4.78, 5) is 15.6. The lowest BCUT2D eigenvalue weighted by atomic mass is 10.2. The summed E-state index contributed by atoms with van der Waals surface area (Å²) < 4.78 is 37.9. The Morgan fingerprint density at radius 3 is 2.50 bits per heavy atom. The van der Waals surface area contributed by atoms with Crippen LogP contribution < -0.4 is 15.8 Å². The fraction of sp³-hybridized carbons (Fsp3) is 0.250. The Morgan fingerprint density at radius 1 is 1.21 bits per heavy atom. The third kappa shape index (κ3) is 4.80. The van der Waals surface area contributed by atoms with E-state index >= 15 is 0 Å². The van der Waals surface area contributed by atoms with E-state index in [4.69, 9.17) is 15.2 Å². The molecule has 1 aromatic heterocycles. The van der Waals surface area contributed by atoms with E-state index in [9.17, 15) is 13.6 Å². The van der Waals surface area contributed by atoms with Crippen molar-refractivity contribution in [3.63, 3.8) is 0 Å². The Labute approximate surface area is 137 Å². The Kier molecular flexibility index (Phi) is 4.87. The number of amides is 1. The number of nitrogens with zero attached hydrogens (tertiary/aromatic N) is 1. The number of hydrogen-bond acceptors (Lipinski definition) is 5. The summed E-state index contributed by atoms with van der Waals surface area (Å²) in [6.07, 6.45) is 0.459. The van der Waals surface area contributed by atoms with Crippen molar-refractivity contribution in [1.29, 1.82) is 0 Å². The summed E-state index contributed by atoms with van der Waals surface area (Å²) in [5, 5.41) is 2.21. The molecule has 0 saturated heterocycles. The first-order chi connectivity index (χ1) is 11.1. The highest BCUT2D eigenvalue weighted by molar-refractivity contribution is 5.85. The zero-order valence-corrected chi connectivity index (χ0v) is 13.4. The van der Waals surface area contributed by atoms with Gasteiger partial charge in [0, 0.05) is 18.2 Å². The van der Waals surface area contributed by atoms with Crippen molar-refractivity contribution >= 4 is 17.5 Å². The van der Waals surface area contributed by atoms with Crippen LogP contribution in [0.25, 0.3) is 0 Å². The standard InChI is InChI=1S/C16H17F2N3O3/c1-16(2,3)24-15(22)21-12-7-13(11(18)6-10(12)17)23-14-5-4-9(19)8-20-14/h4-8H,19H2,1-3H3,(H,21,22). The maximum Gasteiger partial charge on any atom is 0.412 e. The van der Waals surface area contributed by atoms with Crippen LogP contribution >= 0.6 is 0 Å². The molecule has 0 unspecified atom stereocenters. The van der Waals surface area contributed by atoms with Crippen LogP contribution in [0.4, 0.5) is 25.0 Å². The third-order valence-corrected chi connectivity index (χ3v) is 2.63. The first kappa shape index (κ1) is 17.5. The predicted molar refractivity (Wildman–Crippen MR) is 84.9 cm³/mol. The van der Waals surface area contributed by atoms with Crippen molar-refractivity contribution in [2.45, 2.75) is 26.4 Å². The topological polar surface area (TPSA) is 86.5 Å². The molecule has 24 heavy (non-hydrogen) atoms. The van der Waals surface area contributed by atoms with Gasteiger partial charge in [0.05, 0.1) is 17.6 Å². The number of halogens is 2. The fourth-order valence-corrected chi connectivity index (χ4v) is 1.68. The van der Waals surface area contributed by atoms with Gasteiger partial charge >= 0.3 is 6.09 Å². The quantitative estimate of drug-likeness (QED) is 0.881. The highest BCUT2D eigenvalue weighted by atomic mass is 19.1. The number of nitrogens with one attached hydrogen (secondary N) is 1. The van der Waals surface area contributed by atoms with E-state index in [-0.39, 0.29) is 17.3 Å².